The van der Waals surface area contributed by atoms with Crippen molar-refractivity contribution < 1.29 is 24.2 Å². The summed E-state index contributed by atoms with van der Waals surface area (Å²) >= 11 is 0. The molecule has 0 spiro atoms. The van der Waals surface area contributed by atoms with Gasteiger partial charge in [-0.05, 0) is 19.9 Å². The number of carboxylic acid groups (broad SMARTS) is 1. The number of furan rings is 1. The summed E-state index contributed by atoms with van der Waals surface area (Å²) in [6.07, 6.45) is -0.132. The van der Waals surface area contributed by atoms with Crippen LogP contribution < -0.4 is 0 Å². The van der Waals surface area contributed by atoms with Crippen molar-refractivity contribution in [1.82, 2.24) is 4.90 Å². The number of morpholine rings is 1. The largest absolute Gasteiger partial charge is 0.475 e. The standard InChI is InChI=1S/C13H19NO5/c1-8-4-14(6-11(7-15)18-8)5-10-3-12(13(16)17)19-9(10)2/h3,8,11,15H,4-7H2,1-2H3,(H,16,17). The van der Waals surface area contributed by atoms with Crippen LogP contribution in [0.1, 0.15) is 28.8 Å². The smallest absolute Gasteiger partial charge is 0.371 e. The number of rotatable bonds is 4. The molecular weight excluding hydrogens is 250 g/mol. The predicted molar refractivity (Wildman–Crippen MR) is 67.1 cm³/mol. The van der Waals surface area contributed by atoms with Crippen LogP contribution in [0.5, 0.6) is 0 Å². The lowest BCUT2D eigenvalue weighted by molar-refractivity contribution is -0.0973. The summed E-state index contributed by atoms with van der Waals surface area (Å²) in [5.41, 5.74) is 0.864. The van der Waals surface area contributed by atoms with Crippen molar-refractivity contribution in [2.24, 2.45) is 0 Å². The molecule has 0 aromatic carbocycles. The van der Waals surface area contributed by atoms with E-state index in [0.717, 1.165) is 12.1 Å². The molecule has 2 N–H and O–H groups in total. The van der Waals surface area contributed by atoms with Crippen LogP contribution in [0.25, 0.3) is 0 Å². The fourth-order valence-corrected chi connectivity index (χ4v) is 2.39. The zero-order valence-electron chi connectivity index (χ0n) is 11.1. The molecule has 1 saturated heterocycles. The quantitative estimate of drug-likeness (QED) is 0.844. The summed E-state index contributed by atoms with van der Waals surface area (Å²) in [5.74, 6) is -0.470. The minimum absolute atomic E-state index is 0.00835. The van der Waals surface area contributed by atoms with Crippen LogP contribution >= 0.6 is 0 Å². The summed E-state index contributed by atoms with van der Waals surface area (Å²) in [7, 11) is 0. The Morgan fingerprint density at radius 3 is 2.84 bits per heavy atom. The molecule has 2 heterocycles. The second kappa shape index (κ2) is 5.73. The van der Waals surface area contributed by atoms with Gasteiger partial charge in [-0.1, -0.05) is 0 Å². The number of aromatic carboxylic acids is 1. The highest BCUT2D eigenvalue weighted by Gasteiger charge is 2.26. The Morgan fingerprint density at radius 2 is 2.26 bits per heavy atom. The van der Waals surface area contributed by atoms with E-state index in [1.807, 2.05) is 6.92 Å². The topological polar surface area (TPSA) is 83.1 Å². The lowest BCUT2D eigenvalue weighted by atomic mass is 10.1. The summed E-state index contributed by atoms with van der Waals surface area (Å²) in [6.45, 7) is 5.70. The molecule has 0 amide bonds. The molecule has 1 aliphatic heterocycles. The van der Waals surface area contributed by atoms with Crippen molar-refractivity contribution in [2.45, 2.75) is 32.6 Å². The molecule has 1 fully saturated rings. The second-order valence-electron chi connectivity index (χ2n) is 4.94. The maximum atomic E-state index is 10.8. The Hall–Kier alpha value is -1.37. The van der Waals surface area contributed by atoms with Crippen molar-refractivity contribution in [3.63, 3.8) is 0 Å². The van der Waals surface area contributed by atoms with Crippen molar-refractivity contribution in [1.29, 1.82) is 0 Å². The number of aliphatic hydroxyl groups excluding tert-OH is 1. The molecule has 19 heavy (non-hydrogen) atoms. The Kier molecular flexibility index (Phi) is 4.24. The first-order valence-electron chi connectivity index (χ1n) is 6.31. The first-order chi connectivity index (χ1) is 8.99. The molecule has 2 rings (SSSR count). The van der Waals surface area contributed by atoms with E-state index in [1.54, 1.807) is 13.0 Å². The molecule has 1 aromatic heterocycles. The number of nitrogens with zero attached hydrogens (tertiary/aromatic N) is 1. The number of aryl methyl sites for hydroxylation is 1. The molecular formula is C13H19NO5. The molecule has 106 valence electrons. The average molecular weight is 269 g/mol. The Balaban J connectivity index is 2.06. The van der Waals surface area contributed by atoms with Gasteiger partial charge in [0.2, 0.25) is 5.76 Å². The number of ether oxygens (including phenoxy) is 1. The number of aliphatic hydroxyl groups is 1. The van der Waals surface area contributed by atoms with Crippen molar-refractivity contribution in [3.05, 3.63) is 23.2 Å². The van der Waals surface area contributed by atoms with Crippen LogP contribution in [0, 0.1) is 6.92 Å². The van der Waals surface area contributed by atoms with E-state index in [1.165, 1.54) is 0 Å². The van der Waals surface area contributed by atoms with Gasteiger partial charge in [0.1, 0.15) is 5.76 Å². The van der Waals surface area contributed by atoms with Gasteiger partial charge in [-0.3, -0.25) is 4.90 Å². The highest BCUT2D eigenvalue weighted by molar-refractivity contribution is 5.84. The molecule has 1 aromatic rings. The third kappa shape index (κ3) is 3.34. The van der Waals surface area contributed by atoms with E-state index in [-0.39, 0.29) is 24.6 Å². The Morgan fingerprint density at radius 1 is 1.53 bits per heavy atom. The number of carbonyl (C=O) groups is 1. The fourth-order valence-electron chi connectivity index (χ4n) is 2.39. The van der Waals surface area contributed by atoms with Crippen LogP contribution in [0.4, 0.5) is 0 Å². The summed E-state index contributed by atoms with van der Waals surface area (Å²) in [5, 5.41) is 18.1. The summed E-state index contributed by atoms with van der Waals surface area (Å²) < 4.78 is 10.8. The molecule has 6 nitrogen and oxygen atoms in total. The SMILES string of the molecule is Cc1oc(C(=O)O)cc1CN1CC(C)OC(CO)C1. The van der Waals surface area contributed by atoms with Crippen LogP contribution in [0.3, 0.4) is 0 Å². The minimum Gasteiger partial charge on any atom is -0.475 e. The van der Waals surface area contributed by atoms with E-state index in [4.69, 9.17) is 14.3 Å². The molecule has 1 aliphatic rings. The van der Waals surface area contributed by atoms with Crippen LogP contribution in [-0.4, -0.2) is 53.0 Å². The number of carboxylic acids is 1. The van der Waals surface area contributed by atoms with Gasteiger partial charge in [-0.2, -0.15) is 0 Å². The first kappa shape index (κ1) is 14.0. The highest BCUT2D eigenvalue weighted by atomic mass is 16.5. The molecule has 0 saturated carbocycles. The molecule has 0 radical (unpaired) electrons. The number of hydrogen-bond acceptors (Lipinski definition) is 5. The van der Waals surface area contributed by atoms with Gasteiger partial charge in [0.25, 0.3) is 0 Å². The van der Waals surface area contributed by atoms with Crippen molar-refractivity contribution >= 4 is 5.97 Å². The van der Waals surface area contributed by atoms with Gasteiger partial charge >= 0.3 is 5.97 Å². The maximum absolute atomic E-state index is 10.8. The van der Waals surface area contributed by atoms with Crippen LogP contribution in [-0.2, 0) is 11.3 Å². The lowest BCUT2D eigenvalue weighted by Crippen LogP contribution is -2.47. The van der Waals surface area contributed by atoms with Crippen LogP contribution in [0.2, 0.25) is 0 Å². The number of hydrogen-bond donors (Lipinski definition) is 2. The average Bonchev–Trinajstić information content (AvgIpc) is 2.70. The van der Waals surface area contributed by atoms with E-state index in [9.17, 15) is 9.90 Å². The van der Waals surface area contributed by atoms with E-state index >= 15 is 0 Å². The molecule has 0 bridgehead atoms. The lowest BCUT2D eigenvalue weighted by Gasteiger charge is -2.35. The van der Waals surface area contributed by atoms with Crippen LogP contribution in [0.15, 0.2) is 10.5 Å². The normalized spacial score (nSPS) is 24.6. The molecule has 2 unspecified atom stereocenters. The van der Waals surface area contributed by atoms with Crippen molar-refractivity contribution in [3.8, 4) is 0 Å². The second-order valence-corrected chi connectivity index (χ2v) is 4.94. The van der Waals surface area contributed by atoms with Gasteiger partial charge < -0.3 is 19.4 Å². The van der Waals surface area contributed by atoms with Gasteiger partial charge in [0, 0.05) is 25.2 Å². The highest BCUT2D eigenvalue weighted by Crippen LogP contribution is 2.19. The van der Waals surface area contributed by atoms with E-state index < -0.39 is 5.97 Å². The zero-order chi connectivity index (χ0) is 14.0. The third-order valence-corrected chi connectivity index (χ3v) is 3.23. The van der Waals surface area contributed by atoms with Crippen molar-refractivity contribution in [2.75, 3.05) is 19.7 Å². The minimum atomic E-state index is -1.06. The van der Waals surface area contributed by atoms with Gasteiger partial charge in [-0.25, -0.2) is 4.79 Å². The summed E-state index contributed by atoms with van der Waals surface area (Å²) in [6, 6.07) is 1.56. The third-order valence-electron chi connectivity index (χ3n) is 3.23. The van der Waals surface area contributed by atoms with Gasteiger partial charge in [0.05, 0.1) is 18.8 Å². The molecule has 6 heteroatoms. The summed E-state index contributed by atoms with van der Waals surface area (Å²) in [4.78, 5) is 13.0. The van der Waals surface area contributed by atoms with Gasteiger partial charge in [-0.15, -0.1) is 0 Å². The van der Waals surface area contributed by atoms with E-state index in [2.05, 4.69) is 4.90 Å². The predicted octanol–water partition coefficient (Wildman–Crippen LogP) is 0.868. The molecule has 2 atom stereocenters. The Labute approximate surface area is 111 Å². The zero-order valence-corrected chi connectivity index (χ0v) is 11.1. The van der Waals surface area contributed by atoms with Gasteiger partial charge in [0.15, 0.2) is 0 Å². The monoisotopic (exact) mass is 269 g/mol. The first-order valence-corrected chi connectivity index (χ1v) is 6.31. The Bertz CT molecular complexity index is 456. The maximum Gasteiger partial charge on any atom is 0.371 e. The van der Waals surface area contributed by atoms with E-state index in [0.29, 0.717) is 18.8 Å². The fraction of sp³-hybridized carbons (Fsp3) is 0.615. The molecule has 0 aliphatic carbocycles.